The Morgan fingerprint density at radius 3 is 2.68 bits per heavy atom. The van der Waals surface area contributed by atoms with Gasteiger partial charge in [0.1, 0.15) is 6.54 Å². The fourth-order valence-electron chi connectivity index (χ4n) is 2.47. The van der Waals surface area contributed by atoms with E-state index in [1.165, 1.54) is 0 Å². The molecule has 0 aliphatic heterocycles. The molecule has 19 heavy (non-hydrogen) atoms. The third kappa shape index (κ3) is 3.37. The van der Waals surface area contributed by atoms with Crippen LogP contribution < -0.4 is 0 Å². The number of nitriles is 1. The van der Waals surface area contributed by atoms with E-state index < -0.39 is 0 Å². The molecule has 0 spiro atoms. The van der Waals surface area contributed by atoms with Crippen molar-refractivity contribution in [2.45, 2.75) is 31.7 Å². The van der Waals surface area contributed by atoms with Crippen LogP contribution in [0.25, 0.3) is 0 Å². The highest BCUT2D eigenvalue weighted by Crippen LogP contribution is 2.28. The second kappa shape index (κ2) is 6.53. The first kappa shape index (κ1) is 14.5. The minimum Gasteiger partial charge on any atom is -0.322 e. The van der Waals surface area contributed by atoms with Gasteiger partial charge >= 0.3 is 0 Å². The molecule has 1 amide bonds. The number of hydrogen-bond donors (Lipinski definition) is 0. The lowest BCUT2D eigenvalue weighted by Crippen LogP contribution is -2.39. The van der Waals surface area contributed by atoms with Crippen LogP contribution in [0.3, 0.4) is 0 Å². The third-order valence-electron chi connectivity index (χ3n) is 3.43. The Labute approximate surface area is 129 Å². The van der Waals surface area contributed by atoms with Crippen LogP contribution in [0.4, 0.5) is 0 Å². The van der Waals surface area contributed by atoms with Gasteiger partial charge in [0.2, 0.25) is 0 Å². The molecule has 0 unspecified atom stereocenters. The number of benzene rings is 1. The maximum Gasteiger partial charge on any atom is 0.256 e. The van der Waals surface area contributed by atoms with Crippen LogP contribution >= 0.6 is 31.9 Å². The van der Waals surface area contributed by atoms with Gasteiger partial charge in [0, 0.05) is 15.0 Å². The average molecular weight is 386 g/mol. The van der Waals surface area contributed by atoms with Crippen LogP contribution in [0.5, 0.6) is 0 Å². The van der Waals surface area contributed by atoms with Gasteiger partial charge < -0.3 is 4.90 Å². The Bertz CT molecular complexity index is 519. The van der Waals surface area contributed by atoms with Gasteiger partial charge in [0.15, 0.2) is 0 Å². The number of carbonyl (C=O) groups is 1. The van der Waals surface area contributed by atoms with E-state index in [-0.39, 0.29) is 18.5 Å². The van der Waals surface area contributed by atoms with Crippen molar-refractivity contribution in [1.82, 2.24) is 4.90 Å². The zero-order valence-electron chi connectivity index (χ0n) is 10.4. The molecule has 1 aromatic carbocycles. The zero-order valence-corrected chi connectivity index (χ0v) is 13.6. The summed E-state index contributed by atoms with van der Waals surface area (Å²) < 4.78 is 1.63. The standard InChI is InChI=1S/C14H14Br2N2O/c15-10-5-6-13(16)12(9-10)14(19)18(8-7-17)11-3-1-2-4-11/h5-6,9,11H,1-4,8H2. The molecule has 1 aromatic rings. The quantitative estimate of drug-likeness (QED) is 0.734. The first-order valence-corrected chi connectivity index (χ1v) is 7.85. The van der Waals surface area contributed by atoms with E-state index in [2.05, 4.69) is 37.9 Å². The van der Waals surface area contributed by atoms with E-state index in [0.29, 0.717) is 5.56 Å². The molecular weight excluding hydrogens is 372 g/mol. The summed E-state index contributed by atoms with van der Waals surface area (Å²) in [4.78, 5) is 14.3. The van der Waals surface area contributed by atoms with Crippen LogP contribution in [0.2, 0.25) is 0 Å². The highest BCUT2D eigenvalue weighted by atomic mass is 79.9. The molecule has 0 radical (unpaired) electrons. The second-order valence-electron chi connectivity index (χ2n) is 4.65. The van der Waals surface area contributed by atoms with Gasteiger partial charge in [-0.25, -0.2) is 0 Å². The SMILES string of the molecule is N#CCN(C(=O)c1cc(Br)ccc1Br)C1CCCC1. The van der Waals surface area contributed by atoms with Crippen molar-refractivity contribution in [3.8, 4) is 6.07 Å². The highest BCUT2D eigenvalue weighted by Gasteiger charge is 2.28. The predicted molar refractivity (Wildman–Crippen MR) is 80.7 cm³/mol. The van der Waals surface area contributed by atoms with Crippen LogP contribution in [0.15, 0.2) is 27.1 Å². The third-order valence-corrected chi connectivity index (χ3v) is 4.61. The van der Waals surface area contributed by atoms with E-state index >= 15 is 0 Å². The van der Waals surface area contributed by atoms with Crippen molar-refractivity contribution >= 4 is 37.8 Å². The zero-order chi connectivity index (χ0) is 13.8. The van der Waals surface area contributed by atoms with Gasteiger partial charge in [-0.15, -0.1) is 0 Å². The monoisotopic (exact) mass is 384 g/mol. The van der Waals surface area contributed by atoms with Gasteiger partial charge in [-0.2, -0.15) is 5.26 Å². The van der Waals surface area contributed by atoms with Crippen LogP contribution in [0, 0.1) is 11.3 Å². The van der Waals surface area contributed by atoms with Crippen molar-refractivity contribution in [2.75, 3.05) is 6.54 Å². The van der Waals surface area contributed by atoms with Gasteiger partial charge in [-0.3, -0.25) is 4.79 Å². The van der Waals surface area contributed by atoms with Crippen LogP contribution in [-0.2, 0) is 0 Å². The molecule has 0 atom stereocenters. The lowest BCUT2D eigenvalue weighted by atomic mass is 10.1. The maximum atomic E-state index is 12.6. The summed E-state index contributed by atoms with van der Waals surface area (Å²) >= 11 is 6.79. The molecule has 5 heteroatoms. The Morgan fingerprint density at radius 1 is 1.37 bits per heavy atom. The summed E-state index contributed by atoms with van der Waals surface area (Å²) in [5.74, 6) is -0.0679. The molecule has 3 nitrogen and oxygen atoms in total. The molecule has 1 aliphatic rings. The molecule has 0 aromatic heterocycles. The molecule has 0 bridgehead atoms. The van der Waals surface area contributed by atoms with Crippen molar-refractivity contribution in [1.29, 1.82) is 5.26 Å². The Balaban J connectivity index is 2.28. The fourth-order valence-corrected chi connectivity index (χ4v) is 3.25. The predicted octanol–water partition coefficient (Wildman–Crippen LogP) is 4.12. The van der Waals surface area contributed by atoms with Crippen molar-refractivity contribution in [3.05, 3.63) is 32.7 Å². The normalized spacial score (nSPS) is 15.2. The lowest BCUT2D eigenvalue weighted by Gasteiger charge is -2.27. The molecule has 0 heterocycles. The summed E-state index contributed by atoms with van der Waals surface area (Å²) in [5, 5.41) is 8.95. The van der Waals surface area contributed by atoms with E-state index in [1.54, 1.807) is 11.0 Å². The molecule has 100 valence electrons. The number of hydrogen-bond acceptors (Lipinski definition) is 2. The van der Waals surface area contributed by atoms with Gasteiger partial charge in [-0.05, 0) is 47.0 Å². The fraction of sp³-hybridized carbons (Fsp3) is 0.429. The Hall–Kier alpha value is -0.860. The van der Waals surface area contributed by atoms with E-state index in [0.717, 1.165) is 34.6 Å². The lowest BCUT2D eigenvalue weighted by molar-refractivity contribution is 0.0708. The largest absolute Gasteiger partial charge is 0.322 e. The summed E-state index contributed by atoms with van der Waals surface area (Å²) in [5.41, 5.74) is 0.608. The average Bonchev–Trinajstić information content (AvgIpc) is 2.92. The molecule has 1 aliphatic carbocycles. The molecule has 1 fully saturated rings. The van der Waals surface area contributed by atoms with Crippen molar-refractivity contribution < 1.29 is 4.79 Å². The number of halogens is 2. The first-order valence-electron chi connectivity index (χ1n) is 6.26. The maximum absolute atomic E-state index is 12.6. The Morgan fingerprint density at radius 2 is 2.05 bits per heavy atom. The molecule has 0 N–H and O–H groups in total. The topological polar surface area (TPSA) is 44.1 Å². The van der Waals surface area contributed by atoms with Crippen molar-refractivity contribution in [3.63, 3.8) is 0 Å². The summed E-state index contributed by atoms with van der Waals surface area (Å²) in [7, 11) is 0. The van der Waals surface area contributed by atoms with E-state index in [4.69, 9.17) is 5.26 Å². The minimum absolute atomic E-state index is 0.0679. The van der Waals surface area contributed by atoms with Crippen molar-refractivity contribution in [2.24, 2.45) is 0 Å². The smallest absolute Gasteiger partial charge is 0.256 e. The molecule has 2 rings (SSSR count). The van der Waals surface area contributed by atoms with E-state index in [9.17, 15) is 4.79 Å². The minimum atomic E-state index is -0.0679. The first-order chi connectivity index (χ1) is 9.13. The summed E-state index contributed by atoms with van der Waals surface area (Å²) in [6, 6.07) is 7.84. The number of amides is 1. The summed E-state index contributed by atoms with van der Waals surface area (Å²) in [6.07, 6.45) is 4.27. The number of carbonyl (C=O) groups excluding carboxylic acids is 1. The van der Waals surface area contributed by atoms with Gasteiger partial charge in [0.25, 0.3) is 5.91 Å². The van der Waals surface area contributed by atoms with Gasteiger partial charge in [-0.1, -0.05) is 28.8 Å². The molecule has 1 saturated carbocycles. The van der Waals surface area contributed by atoms with E-state index in [1.807, 2.05) is 12.1 Å². The van der Waals surface area contributed by atoms with Gasteiger partial charge in [0.05, 0.1) is 11.6 Å². The van der Waals surface area contributed by atoms with Crippen LogP contribution in [-0.4, -0.2) is 23.4 Å². The van der Waals surface area contributed by atoms with Crippen LogP contribution in [0.1, 0.15) is 36.0 Å². The second-order valence-corrected chi connectivity index (χ2v) is 6.42. The molecular formula is C14H14Br2N2O. The molecule has 0 saturated heterocycles. The number of rotatable bonds is 3. The Kier molecular flexibility index (Phi) is 5.00. The number of nitrogens with zero attached hydrogens (tertiary/aromatic N) is 2. The summed E-state index contributed by atoms with van der Waals surface area (Å²) in [6.45, 7) is 0.155. The highest BCUT2D eigenvalue weighted by molar-refractivity contribution is 9.11.